The summed E-state index contributed by atoms with van der Waals surface area (Å²) in [5.41, 5.74) is 4.73. The summed E-state index contributed by atoms with van der Waals surface area (Å²) in [4.78, 5) is 0. The van der Waals surface area contributed by atoms with Crippen LogP contribution in [0.4, 0.5) is 0 Å². The minimum atomic E-state index is 0.499. The first-order valence-electron chi connectivity index (χ1n) is 5.99. The molecule has 0 heteroatoms. The van der Waals surface area contributed by atoms with Gasteiger partial charge in [0.25, 0.3) is 0 Å². The predicted octanol–water partition coefficient (Wildman–Crippen LogP) is 3.84. The first-order chi connectivity index (χ1) is 6.92. The molecule has 80 valence electrons. The molecule has 1 saturated carbocycles. The minimum Gasteiger partial charge on any atom is -0.0620 e. The molecule has 1 aromatic carbocycles. The van der Waals surface area contributed by atoms with Crippen LogP contribution in [0.3, 0.4) is 0 Å². The van der Waals surface area contributed by atoms with E-state index in [1.807, 2.05) is 0 Å². The summed E-state index contributed by atoms with van der Waals surface area (Å²) in [5.74, 6) is 0. The highest BCUT2D eigenvalue weighted by molar-refractivity contribution is 5.42. The lowest BCUT2D eigenvalue weighted by Gasteiger charge is -2.12. The normalized spacial score (nSPS) is 27.7. The lowest BCUT2D eigenvalue weighted by Crippen LogP contribution is -2.10. The van der Waals surface area contributed by atoms with E-state index in [9.17, 15) is 0 Å². The Bertz CT molecular complexity index is 382. The number of hydrogen-bond acceptors (Lipinski definition) is 0. The third-order valence-corrected chi connectivity index (χ3v) is 6.00. The number of rotatable bonds is 0. The molecule has 0 nitrogen and oxygen atoms in total. The monoisotopic (exact) mass is 200 g/mol. The van der Waals surface area contributed by atoms with Crippen LogP contribution in [-0.4, -0.2) is 0 Å². The average molecular weight is 200 g/mol. The maximum absolute atomic E-state index is 2.44. The van der Waals surface area contributed by atoms with E-state index in [2.05, 4.69) is 52.0 Å². The van der Waals surface area contributed by atoms with Gasteiger partial charge < -0.3 is 0 Å². The van der Waals surface area contributed by atoms with E-state index in [1.165, 1.54) is 12.8 Å². The summed E-state index contributed by atoms with van der Waals surface area (Å²) in [5, 5.41) is 0. The molecule has 0 atom stereocenters. The summed E-state index contributed by atoms with van der Waals surface area (Å²) in [6.07, 6.45) is 2.59. The second kappa shape index (κ2) is 2.31. The lowest BCUT2D eigenvalue weighted by molar-refractivity contribution is 0.389. The first kappa shape index (κ1) is 9.45. The lowest BCUT2D eigenvalue weighted by atomic mass is 9.91. The van der Waals surface area contributed by atoms with E-state index < -0.39 is 0 Å². The van der Waals surface area contributed by atoms with Gasteiger partial charge in [0.15, 0.2) is 0 Å². The van der Waals surface area contributed by atoms with Crippen LogP contribution in [0.1, 0.15) is 38.8 Å². The molecule has 0 N–H and O–H groups in total. The highest BCUT2D eigenvalue weighted by Crippen LogP contribution is 2.81. The average Bonchev–Trinajstić information content (AvgIpc) is 2.57. The van der Waals surface area contributed by atoms with Gasteiger partial charge in [-0.3, -0.25) is 0 Å². The Labute approximate surface area is 92.7 Å². The molecule has 1 spiro atoms. The fourth-order valence-electron chi connectivity index (χ4n) is 4.04. The highest BCUT2D eigenvalue weighted by Gasteiger charge is 2.77. The van der Waals surface area contributed by atoms with Crippen LogP contribution in [0, 0.1) is 16.2 Å². The molecule has 0 unspecified atom stereocenters. The summed E-state index contributed by atoms with van der Waals surface area (Å²) in [7, 11) is 0. The second-order valence-corrected chi connectivity index (χ2v) is 6.45. The molecule has 15 heavy (non-hydrogen) atoms. The smallest absolute Gasteiger partial charge is 0.0103 e. The van der Waals surface area contributed by atoms with Crippen molar-refractivity contribution in [1.29, 1.82) is 0 Å². The van der Waals surface area contributed by atoms with Gasteiger partial charge in [-0.25, -0.2) is 0 Å². The van der Waals surface area contributed by atoms with E-state index in [0.29, 0.717) is 16.2 Å². The Morgan fingerprint density at radius 2 is 1.20 bits per heavy atom. The van der Waals surface area contributed by atoms with Gasteiger partial charge in [-0.1, -0.05) is 52.0 Å². The first-order valence-corrected chi connectivity index (χ1v) is 5.99. The van der Waals surface area contributed by atoms with E-state index >= 15 is 0 Å². The van der Waals surface area contributed by atoms with Gasteiger partial charge in [-0.2, -0.15) is 0 Å². The summed E-state index contributed by atoms with van der Waals surface area (Å²) < 4.78 is 0. The zero-order valence-electron chi connectivity index (χ0n) is 10.2. The molecule has 0 heterocycles. The highest BCUT2D eigenvalue weighted by atomic mass is 14.8. The molecule has 0 radical (unpaired) electrons. The van der Waals surface area contributed by atoms with E-state index in [1.54, 1.807) is 11.1 Å². The van der Waals surface area contributed by atoms with Crippen molar-refractivity contribution in [3.8, 4) is 0 Å². The van der Waals surface area contributed by atoms with E-state index in [4.69, 9.17) is 0 Å². The molecule has 2 aliphatic rings. The molecule has 0 aromatic heterocycles. The van der Waals surface area contributed by atoms with Gasteiger partial charge in [-0.15, -0.1) is 0 Å². The van der Waals surface area contributed by atoms with Crippen LogP contribution >= 0.6 is 0 Å². The molecular formula is C15H20. The van der Waals surface area contributed by atoms with Crippen molar-refractivity contribution >= 4 is 0 Å². The van der Waals surface area contributed by atoms with Crippen molar-refractivity contribution in [1.82, 2.24) is 0 Å². The molecule has 0 bridgehead atoms. The molecular weight excluding hydrogens is 180 g/mol. The molecule has 2 aliphatic carbocycles. The minimum absolute atomic E-state index is 0.499. The zero-order chi connectivity index (χ0) is 10.9. The number of hydrogen-bond donors (Lipinski definition) is 0. The van der Waals surface area contributed by atoms with Crippen molar-refractivity contribution < 1.29 is 0 Å². The standard InChI is InChI=1S/C15H20/c1-13(2)14(3,4)15(13)9-11-7-5-6-8-12(11)10-15/h5-8H,9-10H2,1-4H3. The SMILES string of the molecule is CC1(C)C(C)(C)C12Cc1ccccc1C2. The van der Waals surface area contributed by atoms with Crippen LogP contribution in [-0.2, 0) is 12.8 Å². The van der Waals surface area contributed by atoms with Gasteiger partial charge in [0.2, 0.25) is 0 Å². The molecule has 1 fully saturated rings. The van der Waals surface area contributed by atoms with Crippen LogP contribution in [0.5, 0.6) is 0 Å². The third-order valence-electron chi connectivity index (χ3n) is 6.00. The van der Waals surface area contributed by atoms with Crippen LogP contribution in [0.15, 0.2) is 24.3 Å². The van der Waals surface area contributed by atoms with Gasteiger partial charge in [0.05, 0.1) is 0 Å². The molecule has 0 aliphatic heterocycles. The molecule has 3 rings (SSSR count). The van der Waals surface area contributed by atoms with E-state index in [0.717, 1.165) is 0 Å². The van der Waals surface area contributed by atoms with E-state index in [-0.39, 0.29) is 0 Å². The van der Waals surface area contributed by atoms with Crippen LogP contribution < -0.4 is 0 Å². The molecule has 0 amide bonds. The third kappa shape index (κ3) is 0.814. The Hall–Kier alpha value is -0.780. The second-order valence-electron chi connectivity index (χ2n) is 6.45. The zero-order valence-corrected chi connectivity index (χ0v) is 10.2. The maximum Gasteiger partial charge on any atom is -0.0103 e. The Kier molecular flexibility index (Phi) is 1.46. The van der Waals surface area contributed by atoms with Crippen molar-refractivity contribution in [2.24, 2.45) is 16.2 Å². The quantitative estimate of drug-likeness (QED) is 0.597. The van der Waals surface area contributed by atoms with Gasteiger partial charge in [0, 0.05) is 0 Å². The van der Waals surface area contributed by atoms with Gasteiger partial charge in [-0.05, 0) is 40.2 Å². The van der Waals surface area contributed by atoms with Crippen LogP contribution in [0.2, 0.25) is 0 Å². The van der Waals surface area contributed by atoms with Crippen molar-refractivity contribution in [3.05, 3.63) is 35.4 Å². The van der Waals surface area contributed by atoms with Crippen molar-refractivity contribution in [3.63, 3.8) is 0 Å². The summed E-state index contributed by atoms with van der Waals surface area (Å²) >= 11 is 0. The Balaban J connectivity index is 2.05. The summed E-state index contributed by atoms with van der Waals surface area (Å²) in [6, 6.07) is 8.99. The molecule has 0 saturated heterocycles. The molecule has 1 aromatic rings. The fraction of sp³-hybridized carbons (Fsp3) is 0.600. The van der Waals surface area contributed by atoms with Crippen molar-refractivity contribution in [2.45, 2.75) is 40.5 Å². The topological polar surface area (TPSA) is 0 Å². The van der Waals surface area contributed by atoms with Crippen LogP contribution in [0.25, 0.3) is 0 Å². The fourth-order valence-corrected chi connectivity index (χ4v) is 4.04. The number of fused-ring (bicyclic) bond motifs is 1. The van der Waals surface area contributed by atoms with Crippen molar-refractivity contribution in [2.75, 3.05) is 0 Å². The predicted molar refractivity (Wildman–Crippen MR) is 63.8 cm³/mol. The maximum atomic E-state index is 2.44. The van der Waals surface area contributed by atoms with Gasteiger partial charge >= 0.3 is 0 Å². The Morgan fingerprint density at radius 3 is 1.53 bits per heavy atom. The summed E-state index contributed by atoms with van der Waals surface area (Å²) in [6.45, 7) is 9.77. The Morgan fingerprint density at radius 1 is 0.800 bits per heavy atom. The number of benzene rings is 1. The largest absolute Gasteiger partial charge is 0.0620 e. The van der Waals surface area contributed by atoms with Gasteiger partial charge in [0.1, 0.15) is 0 Å².